The minimum Gasteiger partial charge on any atom is -0.392 e. The molecule has 0 bridgehead atoms. The van der Waals surface area contributed by atoms with Gasteiger partial charge in [-0.1, -0.05) is 97.6 Å². The number of rotatable bonds is 14. The molecule has 7 aromatic carbocycles. The largest absolute Gasteiger partial charge is 0.392 e. The molecule has 7 aromatic rings. The molecule has 0 fully saturated rings. The summed E-state index contributed by atoms with van der Waals surface area (Å²) < 4.78 is 209. The number of nitro benzene ring substituents is 3. The number of aliphatic hydroxyl groups excluding tert-OH is 1. The van der Waals surface area contributed by atoms with Gasteiger partial charge in [0.15, 0.2) is 26.2 Å². The first-order valence-corrected chi connectivity index (χ1v) is 38.8. The summed E-state index contributed by atoms with van der Waals surface area (Å²) in [6, 6.07) is 46.5. The van der Waals surface area contributed by atoms with Crippen LogP contribution in [0.3, 0.4) is 0 Å². The van der Waals surface area contributed by atoms with Crippen molar-refractivity contribution >= 4 is 117 Å². The van der Waals surface area contributed by atoms with E-state index in [0.29, 0.717) is 73.2 Å². The van der Waals surface area contributed by atoms with Crippen LogP contribution < -0.4 is 4.72 Å². The molecule has 0 spiro atoms. The molecular weight excluding hydrogens is 1650 g/mol. The smallest absolute Gasteiger partial charge is 0.270 e. The number of nitriles is 1. The Morgan fingerprint density at radius 2 is 1.07 bits per heavy atom. The average molecular weight is 1800 g/mol. The number of aliphatic hydroxyl groups is 1. The van der Waals surface area contributed by atoms with Gasteiger partial charge < -0.3 is 33.5 Å². The molecule has 0 saturated heterocycles. The second kappa shape index (κ2) is 40.3. The van der Waals surface area contributed by atoms with E-state index in [2.05, 4.69) is 91.7 Å². The van der Waals surface area contributed by atoms with Gasteiger partial charge in [0.25, 0.3) is 17.1 Å². The highest BCUT2D eigenvalue weighted by molar-refractivity contribution is 14.1. The van der Waals surface area contributed by atoms with E-state index in [0.717, 1.165) is 38.0 Å². The van der Waals surface area contributed by atoms with Gasteiger partial charge in [-0.3, -0.25) is 39.9 Å². The summed E-state index contributed by atoms with van der Waals surface area (Å²) in [7, 11) is -7.17. The van der Waals surface area contributed by atoms with Gasteiger partial charge in [-0.15, -0.1) is 6.58 Å². The molecular formula is C76H116I2N6O19S3. The molecule has 5 heterocycles. The number of nitrogens with one attached hydrogen (secondary N) is 1. The molecule has 3 atom stereocenters. The highest BCUT2D eigenvalue weighted by Crippen LogP contribution is 2.38. The van der Waals surface area contributed by atoms with Crippen LogP contribution in [0.1, 0.15) is 173 Å². The number of benzene rings is 7. The van der Waals surface area contributed by atoms with Crippen molar-refractivity contribution in [3.8, 4) is 6.07 Å². The maximum Gasteiger partial charge on any atom is 0.270 e. The lowest BCUT2D eigenvalue weighted by Gasteiger charge is -2.41. The quantitative estimate of drug-likeness (QED) is 0.0336. The van der Waals surface area contributed by atoms with E-state index in [4.69, 9.17) is 69.2 Å². The number of fused-ring (bicyclic) bond motifs is 5. The number of carbonyl (C=O) groups excluding carboxylic acids is 2. The van der Waals surface area contributed by atoms with Crippen molar-refractivity contribution < 1.29 is 116 Å². The molecule has 0 unspecified atom stereocenters. The lowest BCUT2D eigenvalue weighted by molar-refractivity contribution is -0.385. The highest BCUT2D eigenvalue weighted by Gasteiger charge is 2.49. The van der Waals surface area contributed by atoms with Gasteiger partial charge in [0.1, 0.15) is 24.2 Å². The SMILES string of the molecule is C=C1COCc2ccccc21.C=CCOCc1ccccc1I.CC(C)(C)[S@@](=O)N=C1COCc2ccc([N+](=O)[O-])cc21.CC(C)(C)[S@@](=O)N[C@]1(CS(=O)(=O)C(C)(C)C#N)COCc2ccc([N+](=O)[O-])cc21.O=C1COCc2ccc([N+](=O)[O-])cc21.O=C1COCc2ccccc21.OCc1ccccc1I.[2HH].[2HH].[2HH].[2HH].[2H][2H].[2H][2H].[2H][2H].[2H][2H].[2H][2H].[2H][2H].[2H][2H].[2H][2H].[2H][2H].[2H][2H].[2H][2H].[2H][2H]. The summed E-state index contributed by atoms with van der Waals surface area (Å²) in [5.74, 6) is -0.710. The predicted molar refractivity (Wildman–Crippen MR) is 457 cm³/mol. The van der Waals surface area contributed by atoms with E-state index >= 15 is 0 Å². The van der Waals surface area contributed by atoms with Crippen LogP contribution in [0.25, 0.3) is 5.57 Å². The third kappa shape index (κ3) is 25.1. The van der Waals surface area contributed by atoms with Crippen LogP contribution >= 0.6 is 45.2 Å². The number of non-ortho nitro benzene ring substituents is 3. The van der Waals surface area contributed by atoms with Gasteiger partial charge in [0.2, 0.25) is 0 Å². The van der Waals surface area contributed by atoms with Crippen molar-refractivity contribution in [3.63, 3.8) is 0 Å². The maximum atomic E-state index is 13.1. The number of sulfone groups is 1. The zero-order chi connectivity index (χ0) is 102. The zero-order valence-electron chi connectivity index (χ0n) is 83.8. The number of nitrogens with zero attached hydrogens (tertiary/aromatic N) is 5. The Balaban J connectivity index is -0.000000144. The highest BCUT2D eigenvalue weighted by atomic mass is 127. The van der Waals surface area contributed by atoms with Crippen molar-refractivity contribution in [1.82, 2.24) is 4.72 Å². The molecule has 12 rings (SSSR count). The first-order valence-electron chi connectivity index (χ1n) is 44.8. The molecule has 0 saturated carbocycles. The van der Waals surface area contributed by atoms with E-state index in [1.54, 1.807) is 45.0 Å². The minimum atomic E-state index is -4.04. The molecule has 106 heavy (non-hydrogen) atoms. The predicted octanol–water partition coefficient (Wildman–Crippen LogP) is 18.1. The van der Waals surface area contributed by atoms with Crippen LogP contribution in [-0.4, -0.2) is 114 Å². The third-order valence-corrected chi connectivity index (χ3v) is 23.7. The molecule has 0 aromatic heterocycles. The minimum absolute atomic E-state index is 0. The maximum absolute atomic E-state index is 13.1. The van der Waals surface area contributed by atoms with Gasteiger partial charge in [-0.05, 0) is 187 Å². The van der Waals surface area contributed by atoms with E-state index in [1.807, 2.05) is 93.6 Å². The number of nitro groups is 3. The van der Waals surface area contributed by atoms with E-state index in [-0.39, 0.29) is 74.0 Å². The second-order valence-corrected chi connectivity index (χ2v) is 35.2. The van der Waals surface area contributed by atoms with Crippen LogP contribution in [0.15, 0.2) is 175 Å². The lowest BCUT2D eigenvalue weighted by atomic mass is 9.87. The van der Waals surface area contributed by atoms with Gasteiger partial charge in [0, 0.05) is 102 Å². The fourth-order valence-corrected chi connectivity index (χ4v) is 14.2. The van der Waals surface area contributed by atoms with E-state index in [9.17, 15) is 62.0 Å². The monoisotopic (exact) mass is 1790 g/mol. The molecule has 0 aliphatic carbocycles. The molecule has 30 heteroatoms. The van der Waals surface area contributed by atoms with Crippen LogP contribution in [0.5, 0.6) is 0 Å². The number of halogens is 2. The first-order chi connectivity index (χ1) is 62.1. The molecule has 25 nitrogen and oxygen atoms in total. The van der Waals surface area contributed by atoms with Crippen LogP contribution in [0.4, 0.5) is 17.1 Å². The standard InChI is InChI=1S/C18H25N3O6S2.C13H16N2O4S.C10H11IO.C10H10O.C9H7NO4.C9H8O2.C7H7IO.16H2/c1-16(2,3)28(24)20-18(12-29(25,26)17(4,5)10-19)11-27-9-13-6-7-14(21(22)23)8-15(13)18;1-13(2,3)20(18)14-12-8-19-7-9-4-5-10(15(16)17)6-11(9)12;1-2-7-12-8-9-5-3-4-6-10(9)11;1-8-6-11-7-9-4-2-3-5-10(8)9;11-9-5-14-4-6-1-2-7(10(12)13)3-8(6)9;10-9-6-11-5-7-3-1-2-4-8(7)9;8-7-4-2-1-3-6(7)5-9;;;;;;;;;;;;;;;;/h6-8,20H,9,11-12H2,1-5H3;4-6H,7-8H2,1-3H3;2-6H,1,7-8H2;2-5H,1,6-7H2;1-3H,4-5H2;1-4H,5-6H2;1-4,9H,5H2;16*1H/t18-,28+;20-;;;;;;;;;;;;;;;;;;;;;/m01...................../s1/i;;;;;;;12*1+1D;4*1+1. The number of ketones is 2. The van der Waals surface area contributed by atoms with Crippen LogP contribution in [0, 0.1) is 48.8 Å². The summed E-state index contributed by atoms with van der Waals surface area (Å²) in [5, 5.41) is 50.7. The van der Waals surface area contributed by atoms with Gasteiger partial charge in [-0.25, -0.2) is 21.6 Å². The topological polar surface area (TPSA) is 356 Å². The van der Waals surface area contributed by atoms with Crippen LogP contribution in [-0.2, 0) is 112 Å². The fraction of sp³-hybridized carbons (Fsp3) is 0.342. The number of hydrogen-bond donors (Lipinski definition) is 2. The van der Waals surface area contributed by atoms with Crippen molar-refractivity contribution in [2.75, 3.05) is 45.4 Å². The van der Waals surface area contributed by atoms with E-state index < -0.39 is 72.1 Å². The molecule has 596 valence electrons. The fourth-order valence-electron chi connectivity index (χ4n) is 10.0. The van der Waals surface area contributed by atoms with E-state index in [1.165, 1.54) is 76.6 Å². The lowest BCUT2D eigenvalue weighted by Crippen LogP contribution is -2.58. The zero-order valence-corrected chi connectivity index (χ0v) is 66.6. The van der Waals surface area contributed by atoms with Crippen molar-refractivity contribution in [2.45, 2.75) is 121 Å². The summed E-state index contributed by atoms with van der Waals surface area (Å²) in [6.07, 6.45) is 1.76. The number of Topliss-reactive ketones (excluding diaryl/α,β-unsaturated/α-hetero) is 2. The Morgan fingerprint density at radius 1 is 0.623 bits per heavy atom. The molecule has 5 aliphatic rings. The molecule has 0 radical (unpaired) electrons. The van der Waals surface area contributed by atoms with Gasteiger partial charge in [0.05, 0.1) is 131 Å². The summed E-state index contributed by atoms with van der Waals surface area (Å²) >= 11 is 4.51. The Bertz CT molecular complexity index is 4630. The summed E-state index contributed by atoms with van der Waals surface area (Å²) in [6.45, 7) is 25.3. The number of carbonyl (C=O) groups is 2. The Hall–Kier alpha value is -7.89. The average Bonchev–Trinajstić information content (AvgIpc) is 0.741. The van der Waals surface area contributed by atoms with Crippen LogP contribution in [0.2, 0.25) is 0 Å². The Morgan fingerprint density at radius 3 is 1.56 bits per heavy atom. The van der Waals surface area contributed by atoms with Gasteiger partial charge in [-0.2, -0.15) is 9.66 Å². The van der Waals surface area contributed by atoms with Crippen molar-refractivity contribution in [2.24, 2.45) is 4.40 Å². The number of ether oxygens (including phenoxy) is 6. The Kier molecular flexibility index (Phi) is 26.6. The summed E-state index contributed by atoms with van der Waals surface area (Å²) in [4.78, 5) is 53.5. The Labute approximate surface area is 692 Å². The van der Waals surface area contributed by atoms with Crippen molar-refractivity contribution in [3.05, 3.63) is 275 Å². The number of hydrogen-bond acceptors (Lipinski definition) is 20. The third-order valence-electron chi connectivity index (χ3n) is 16.0. The first kappa shape index (κ1) is 69.8. The molecule has 0 amide bonds. The normalized spacial score (nSPS) is 17.5. The second-order valence-electron chi connectivity index (χ2n) is 26.5. The molecule has 2 N–H and O–H groups in total. The summed E-state index contributed by atoms with van der Waals surface area (Å²) in [5.41, 5.74) is 9.89. The van der Waals surface area contributed by atoms with Crippen molar-refractivity contribution in [1.29, 1.82) is 5.26 Å². The molecule has 5 aliphatic heterocycles. The van der Waals surface area contributed by atoms with Gasteiger partial charge >= 0.3 is 0 Å².